The van der Waals surface area contributed by atoms with Gasteiger partial charge < -0.3 is 15.4 Å². The first-order valence-corrected chi connectivity index (χ1v) is 8.34. The third kappa shape index (κ3) is 4.98. The molecule has 5 heteroatoms. The summed E-state index contributed by atoms with van der Waals surface area (Å²) in [6.07, 6.45) is 4.44. The van der Waals surface area contributed by atoms with E-state index >= 15 is 0 Å². The molecule has 2 N–H and O–H groups in total. The van der Waals surface area contributed by atoms with Gasteiger partial charge in [-0.05, 0) is 54.9 Å². The first-order chi connectivity index (χ1) is 11.1. The number of methoxy groups -OCH3 is 1. The van der Waals surface area contributed by atoms with Gasteiger partial charge in [0.25, 0.3) is 0 Å². The van der Waals surface area contributed by atoms with Crippen molar-refractivity contribution in [3.05, 3.63) is 29.3 Å². The minimum atomic E-state index is -0.131. The Morgan fingerprint density at radius 3 is 2.83 bits per heavy atom. The second-order valence-electron chi connectivity index (χ2n) is 5.98. The molecule has 1 aromatic carbocycles. The maximum Gasteiger partial charge on any atom is 0.239 e. The van der Waals surface area contributed by atoms with Crippen LogP contribution in [0.25, 0.3) is 0 Å². The second-order valence-corrected chi connectivity index (χ2v) is 5.98. The molecule has 1 atom stereocenters. The molecule has 1 aliphatic carbocycles. The molecule has 2 amide bonds. The smallest absolute Gasteiger partial charge is 0.239 e. The zero-order valence-electron chi connectivity index (χ0n) is 14.0. The lowest BCUT2D eigenvalue weighted by Gasteiger charge is -2.25. The summed E-state index contributed by atoms with van der Waals surface area (Å²) < 4.78 is 5.27. The Kier molecular flexibility index (Phi) is 6.44. The molecule has 126 valence electrons. The summed E-state index contributed by atoms with van der Waals surface area (Å²) in [6, 6.07) is 6.09. The molecule has 0 bridgehead atoms. The number of ether oxygens (including phenoxy) is 1. The first kappa shape index (κ1) is 17.3. The van der Waals surface area contributed by atoms with Crippen molar-refractivity contribution in [2.24, 2.45) is 0 Å². The Bertz CT molecular complexity index is 557. The summed E-state index contributed by atoms with van der Waals surface area (Å²) in [7, 11) is 1.67. The van der Waals surface area contributed by atoms with Crippen LogP contribution >= 0.6 is 0 Å². The van der Waals surface area contributed by atoms with Crippen molar-refractivity contribution in [3.8, 4) is 5.75 Å². The van der Waals surface area contributed by atoms with Gasteiger partial charge >= 0.3 is 0 Å². The SMILES string of the molecule is CCCNC(=O)CNC(=O)C[C@H]1CCCc2cc(OC)ccc21. The van der Waals surface area contributed by atoms with Gasteiger partial charge in [0, 0.05) is 13.0 Å². The van der Waals surface area contributed by atoms with Gasteiger partial charge in [-0.25, -0.2) is 0 Å². The van der Waals surface area contributed by atoms with Gasteiger partial charge in [0.1, 0.15) is 5.75 Å². The van der Waals surface area contributed by atoms with E-state index < -0.39 is 0 Å². The van der Waals surface area contributed by atoms with E-state index in [4.69, 9.17) is 4.74 Å². The largest absolute Gasteiger partial charge is 0.497 e. The van der Waals surface area contributed by atoms with E-state index in [1.807, 2.05) is 13.0 Å². The number of rotatable bonds is 7. The molecule has 0 fully saturated rings. The van der Waals surface area contributed by atoms with Crippen LogP contribution in [0.2, 0.25) is 0 Å². The van der Waals surface area contributed by atoms with Crippen LogP contribution in [0.1, 0.15) is 49.7 Å². The van der Waals surface area contributed by atoms with Crippen molar-refractivity contribution < 1.29 is 14.3 Å². The van der Waals surface area contributed by atoms with E-state index in [1.165, 1.54) is 11.1 Å². The Labute approximate surface area is 137 Å². The number of hydrogen-bond acceptors (Lipinski definition) is 3. The number of carbonyl (C=O) groups is 2. The lowest BCUT2D eigenvalue weighted by molar-refractivity contribution is -0.126. The van der Waals surface area contributed by atoms with Crippen molar-refractivity contribution in [2.75, 3.05) is 20.2 Å². The van der Waals surface area contributed by atoms with Crippen molar-refractivity contribution in [1.29, 1.82) is 0 Å². The molecular weight excluding hydrogens is 292 g/mol. The number of carbonyl (C=O) groups excluding carboxylic acids is 2. The predicted molar refractivity (Wildman–Crippen MR) is 89.6 cm³/mol. The van der Waals surface area contributed by atoms with Crippen LogP contribution in [0.5, 0.6) is 5.75 Å². The predicted octanol–water partition coefficient (Wildman–Crippen LogP) is 2.15. The summed E-state index contributed by atoms with van der Waals surface area (Å²) in [5.41, 5.74) is 2.51. The maximum atomic E-state index is 12.1. The average molecular weight is 318 g/mol. The van der Waals surface area contributed by atoms with Gasteiger partial charge in [0.2, 0.25) is 11.8 Å². The molecule has 1 aromatic rings. The zero-order valence-corrected chi connectivity index (χ0v) is 14.0. The Hall–Kier alpha value is -2.04. The minimum Gasteiger partial charge on any atom is -0.497 e. The fraction of sp³-hybridized carbons (Fsp3) is 0.556. The molecule has 0 spiro atoms. The third-order valence-electron chi connectivity index (χ3n) is 4.24. The van der Waals surface area contributed by atoms with Crippen molar-refractivity contribution in [2.45, 2.75) is 44.9 Å². The highest BCUT2D eigenvalue weighted by molar-refractivity contribution is 5.85. The molecule has 5 nitrogen and oxygen atoms in total. The maximum absolute atomic E-state index is 12.1. The third-order valence-corrected chi connectivity index (χ3v) is 4.24. The highest BCUT2D eigenvalue weighted by Gasteiger charge is 2.23. The van der Waals surface area contributed by atoms with Gasteiger partial charge in [-0.3, -0.25) is 9.59 Å². The molecule has 0 aromatic heterocycles. The van der Waals surface area contributed by atoms with E-state index in [1.54, 1.807) is 7.11 Å². The lowest BCUT2D eigenvalue weighted by Crippen LogP contribution is -2.37. The van der Waals surface area contributed by atoms with Crippen molar-refractivity contribution in [3.63, 3.8) is 0 Å². The van der Waals surface area contributed by atoms with E-state index in [0.29, 0.717) is 13.0 Å². The van der Waals surface area contributed by atoms with Crippen LogP contribution < -0.4 is 15.4 Å². The Morgan fingerprint density at radius 2 is 2.09 bits per heavy atom. The average Bonchev–Trinajstić information content (AvgIpc) is 2.57. The van der Waals surface area contributed by atoms with Crippen LogP contribution in [0.4, 0.5) is 0 Å². The van der Waals surface area contributed by atoms with Crippen LogP contribution in [0, 0.1) is 0 Å². The highest BCUT2D eigenvalue weighted by atomic mass is 16.5. The first-order valence-electron chi connectivity index (χ1n) is 8.34. The molecular formula is C18H26N2O3. The van der Waals surface area contributed by atoms with Crippen LogP contribution in [0.3, 0.4) is 0 Å². The number of amides is 2. The normalized spacial score (nSPS) is 16.3. The summed E-state index contributed by atoms with van der Waals surface area (Å²) in [6.45, 7) is 2.70. The quantitative estimate of drug-likeness (QED) is 0.809. The highest BCUT2D eigenvalue weighted by Crippen LogP contribution is 2.35. The fourth-order valence-corrected chi connectivity index (χ4v) is 3.03. The van der Waals surface area contributed by atoms with Gasteiger partial charge in [-0.15, -0.1) is 0 Å². The van der Waals surface area contributed by atoms with Crippen molar-refractivity contribution >= 4 is 11.8 Å². The summed E-state index contributed by atoms with van der Waals surface area (Å²) in [5, 5.41) is 5.47. The number of aryl methyl sites for hydroxylation is 1. The van der Waals surface area contributed by atoms with Crippen LogP contribution in [-0.4, -0.2) is 32.0 Å². The molecule has 0 radical (unpaired) electrons. The summed E-state index contributed by atoms with van der Waals surface area (Å²) >= 11 is 0. The monoisotopic (exact) mass is 318 g/mol. The van der Waals surface area contributed by atoms with Gasteiger partial charge in [0.05, 0.1) is 13.7 Å². The van der Waals surface area contributed by atoms with E-state index in [2.05, 4.69) is 22.8 Å². The molecule has 1 aliphatic rings. The Morgan fingerprint density at radius 1 is 1.26 bits per heavy atom. The number of fused-ring (bicyclic) bond motifs is 1. The Balaban J connectivity index is 1.89. The fourth-order valence-electron chi connectivity index (χ4n) is 3.03. The van der Waals surface area contributed by atoms with E-state index in [9.17, 15) is 9.59 Å². The van der Waals surface area contributed by atoms with Gasteiger partial charge in [0.15, 0.2) is 0 Å². The lowest BCUT2D eigenvalue weighted by atomic mass is 9.81. The summed E-state index contributed by atoms with van der Waals surface area (Å²) in [5.74, 6) is 0.893. The zero-order chi connectivity index (χ0) is 16.7. The van der Waals surface area contributed by atoms with E-state index in [-0.39, 0.29) is 24.3 Å². The molecule has 2 rings (SSSR count). The second kappa shape index (κ2) is 8.56. The molecule has 0 saturated heterocycles. The molecule has 0 unspecified atom stereocenters. The summed E-state index contributed by atoms with van der Waals surface area (Å²) in [4.78, 5) is 23.6. The van der Waals surface area contributed by atoms with Gasteiger partial charge in [-0.1, -0.05) is 13.0 Å². The topological polar surface area (TPSA) is 67.4 Å². The number of nitrogens with one attached hydrogen (secondary N) is 2. The van der Waals surface area contributed by atoms with Crippen LogP contribution in [0.15, 0.2) is 18.2 Å². The molecule has 0 heterocycles. The standard InChI is InChI=1S/C18H26N2O3/c1-3-9-19-18(22)12-20-17(21)11-14-6-4-5-13-10-15(23-2)7-8-16(13)14/h7-8,10,14H,3-6,9,11-12H2,1-2H3,(H,19,22)(H,20,21)/t14-/m1/s1. The molecule has 23 heavy (non-hydrogen) atoms. The molecule has 0 aliphatic heterocycles. The number of hydrogen-bond donors (Lipinski definition) is 2. The minimum absolute atomic E-state index is 0.0566. The van der Waals surface area contributed by atoms with Crippen LogP contribution in [-0.2, 0) is 16.0 Å². The van der Waals surface area contributed by atoms with Crippen molar-refractivity contribution in [1.82, 2.24) is 10.6 Å². The van der Waals surface area contributed by atoms with E-state index in [0.717, 1.165) is 31.4 Å². The van der Waals surface area contributed by atoms with Gasteiger partial charge in [-0.2, -0.15) is 0 Å². The molecule has 0 saturated carbocycles. The number of benzene rings is 1.